The van der Waals surface area contributed by atoms with Crippen LogP contribution in [0.15, 0.2) is 59.8 Å². The van der Waals surface area contributed by atoms with Crippen molar-refractivity contribution in [3.63, 3.8) is 0 Å². The van der Waals surface area contributed by atoms with Gasteiger partial charge in [-0.25, -0.2) is 9.67 Å². The maximum absolute atomic E-state index is 12.5. The molecule has 4 rings (SSSR count). The van der Waals surface area contributed by atoms with E-state index in [2.05, 4.69) is 20.4 Å². The number of aromatic amines is 1. The summed E-state index contributed by atoms with van der Waals surface area (Å²) in [5.74, 6) is -0.150. The number of carbonyl (C=O) groups excluding carboxylic acids is 1. The van der Waals surface area contributed by atoms with E-state index in [0.717, 1.165) is 18.4 Å². The maximum atomic E-state index is 12.5. The molecule has 24 heavy (non-hydrogen) atoms. The maximum Gasteiger partial charge on any atom is 0.265 e. The predicted molar refractivity (Wildman–Crippen MR) is 86.8 cm³/mol. The van der Waals surface area contributed by atoms with Gasteiger partial charge in [-0.15, -0.1) is 0 Å². The highest BCUT2D eigenvalue weighted by molar-refractivity contribution is 5.94. The number of hydrogen-bond acceptors (Lipinski definition) is 4. The van der Waals surface area contributed by atoms with E-state index in [4.69, 9.17) is 0 Å². The first kappa shape index (κ1) is 14.4. The third-order valence-electron chi connectivity index (χ3n) is 4.18. The molecule has 0 bridgehead atoms. The average Bonchev–Trinajstić information content (AvgIpc) is 3.17. The van der Waals surface area contributed by atoms with Crippen molar-refractivity contribution in [1.82, 2.24) is 25.1 Å². The fourth-order valence-electron chi connectivity index (χ4n) is 2.71. The average molecular weight is 321 g/mol. The van der Waals surface area contributed by atoms with Gasteiger partial charge in [0.2, 0.25) is 5.95 Å². The first-order valence-corrected chi connectivity index (χ1v) is 7.65. The first-order chi connectivity index (χ1) is 11.7. The minimum atomic E-state index is -0.489. The number of aromatic nitrogens is 4. The second-order valence-corrected chi connectivity index (χ2v) is 5.80. The smallest absolute Gasteiger partial charge is 0.265 e. The van der Waals surface area contributed by atoms with Crippen LogP contribution in [0.25, 0.3) is 5.95 Å². The highest BCUT2D eigenvalue weighted by Crippen LogP contribution is 2.45. The van der Waals surface area contributed by atoms with Crippen molar-refractivity contribution in [3.8, 4) is 5.95 Å². The molecule has 1 amide bonds. The third-order valence-corrected chi connectivity index (χ3v) is 4.18. The Labute approximate surface area is 137 Å². The predicted octanol–water partition coefficient (Wildman–Crippen LogP) is 1.37. The van der Waals surface area contributed by atoms with Crippen LogP contribution >= 0.6 is 0 Å². The number of carbonyl (C=O) groups is 1. The summed E-state index contributed by atoms with van der Waals surface area (Å²) < 4.78 is 1.43. The van der Waals surface area contributed by atoms with E-state index >= 15 is 0 Å². The minimum absolute atomic E-state index is 0.00638. The summed E-state index contributed by atoms with van der Waals surface area (Å²) in [5, 5.41) is 6.97. The zero-order valence-corrected chi connectivity index (χ0v) is 12.8. The topological polar surface area (TPSA) is 92.7 Å². The van der Waals surface area contributed by atoms with Gasteiger partial charge in [0.1, 0.15) is 5.56 Å². The Balaban J connectivity index is 1.58. The van der Waals surface area contributed by atoms with Crippen molar-refractivity contribution in [1.29, 1.82) is 0 Å². The van der Waals surface area contributed by atoms with Crippen LogP contribution < -0.4 is 10.9 Å². The van der Waals surface area contributed by atoms with E-state index in [9.17, 15) is 9.59 Å². The van der Waals surface area contributed by atoms with Crippen LogP contribution in [0.1, 0.15) is 28.8 Å². The Morgan fingerprint density at radius 2 is 2.00 bits per heavy atom. The summed E-state index contributed by atoms with van der Waals surface area (Å²) >= 11 is 0. The van der Waals surface area contributed by atoms with Crippen LogP contribution in [0.3, 0.4) is 0 Å². The minimum Gasteiger partial charge on any atom is -0.342 e. The van der Waals surface area contributed by atoms with Gasteiger partial charge in [0.25, 0.3) is 11.5 Å². The van der Waals surface area contributed by atoms with Crippen molar-refractivity contribution in [2.24, 2.45) is 0 Å². The van der Waals surface area contributed by atoms with Crippen molar-refractivity contribution in [2.45, 2.75) is 18.4 Å². The lowest BCUT2D eigenvalue weighted by atomic mass is 10.0. The van der Waals surface area contributed by atoms with E-state index in [-0.39, 0.29) is 17.1 Å². The highest BCUT2D eigenvalue weighted by Gasteiger charge is 2.45. The van der Waals surface area contributed by atoms with Crippen molar-refractivity contribution < 1.29 is 4.79 Å². The number of nitrogens with zero attached hydrogens (tertiary/aromatic N) is 3. The number of nitrogens with one attached hydrogen (secondary N) is 2. The summed E-state index contributed by atoms with van der Waals surface area (Å²) in [4.78, 5) is 31.4. The van der Waals surface area contributed by atoms with Crippen LogP contribution in [0.4, 0.5) is 0 Å². The molecule has 1 aromatic carbocycles. The van der Waals surface area contributed by atoms with Crippen LogP contribution in [-0.2, 0) is 5.54 Å². The zero-order chi connectivity index (χ0) is 16.6. The lowest BCUT2D eigenvalue weighted by Crippen LogP contribution is -2.38. The zero-order valence-electron chi connectivity index (χ0n) is 12.8. The molecule has 7 nitrogen and oxygen atoms in total. The lowest BCUT2D eigenvalue weighted by molar-refractivity contribution is 0.0929. The van der Waals surface area contributed by atoms with Gasteiger partial charge in [0.15, 0.2) is 0 Å². The van der Waals surface area contributed by atoms with E-state index in [1.165, 1.54) is 10.9 Å². The van der Waals surface area contributed by atoms with Gasteiger partial charge in [-0.3, -0.25) is 14.6 Å². The molecule has 0 radical (unpaired) electrons. The van der Waals surface area contributed by atoms with E-state index < -0.39 is 11.5 Å². The van der Waals surface area contributed by atoms with Gasteiger partial charge in [0, 0.05) is 18.6 Å². The molecule has 0 unspecified atom stereocenters. The molecule has 3 aromatic rings. The second kappa shape index (κ2) is 5.45. The van der Waals surface area contributed by atoms with Gasteiger partial charge in [-0.1, -0.05) is 30.3 Å². The highest BCUT2D eigenvalue weighted by atomic mass is 16.2. The SMILES string of the molecule is O=C(NC1(c2ccccc2)CC1)c1cnc(-n2cccn2)[nH]c1=O. The molecule has 2 heterocycles. The Kier molecular flexibility index (Phi) is 3.26. The van der Waals surface area contributed by atoms with Crippen LogP contribution in [-0.4, -0.2) is 25.7 Å². The van der Waals surface area contributed by atoms with E-state index in [1.54, 1.807) is 18.5 Å². The second-order valence-electron chi connectivity index (χ2n) is 5.80. The molecule has 1 aliphatic carbocycles. The van der Waals surface area contributed by atoms with Gasteiger partial charge < -0.3 is 5.32 Å². The molecular weight excluding hydrogens is 306 g/mol. The molecule has 1 aliphatic rings. The summed E-state index contributed by atoms with van der Waals surface area (Å²) in [6, 6.07) is 11.5. The quantitative estimate of drug-likeness (QED) is 0.759. The van der Waals surface area contributed by atoms with Crippen LogP contribution in [0, 0.1) is 0 Å². The molecule has 0 spiro atoms. The standard InChI is InChI=1S/C17H15N5O2/c23-14-13(11-18-16(20-14)22-10-4-9-19-22)15(24)21-17(7-8-17)12-5-2-1-3-6-12/h1-6,9-11H,7-8H2,(H,21,24)(H,18,20,23). The van der Waals surface area contributed by atoms with Gasteiger partial charge in [-0.2, -0.15) is 5.10 Å². The Morgan fingerprint density at radius 1 is 1.21 bits per heavy atom. The molecular formula is C17H15N5O2. The fraction of sp³-hybridized carbons (Fsp3) is 0.176. The Morgan fingerprint density at radius 3 is 2.62 bits per heavy atom. The molecule has 1 fully saturated rings. The van der Waals surface area contributed by atoms with Gasteiger partial charge >= 0.3 is 0 Å². The molecule has 2 aromatic heterocycles. The molecule has 0 aliphatic heterocycles. The van der Waals surface area contributed by atoms with Crippen molar-refractivity contribution in [3.05, 3.63) is 76.5 Å². The molecule has 2 N–H and O–H groups in total. The molecule has 7 heteroatoms. The summed E-state index contributed by atoms with van der Waals surface area (Å²) in [5.41, 5.74) is 0.187. The number of amides is 1. The normalized spacial score (nSPS) is 15.0. The molecule has 120 valence electrons. The van der Waals surface area contributed by atoms with Gasteiger partial charge in [0.05, 0.1) is 5.54 Å². The molecule has 0 atom stereocenters. The number of benzene rings is 1. The number of rotatable bonds is 4. The molecule has 0 saturated heterocycles. The first-order valence-electron chi connectivity index (χ1n) is 7.65. The Hall–Kier alpha value is -3.22. The fourth-order valence-corrected chi connectivity index (χ4v) is 2.71. The van der Waals surface area contributed by atoms with E-state index in [0.29, 0.717) is 0 Å². The van der Waals surface area contributed by atoms with Crippen LogP contribution in [0.5, 0.6) is 0 Å². The summed E-state index contributed by atoms with van der Waals surface area (Å²) in [7, 11) is 0. The lowest BCUT2D eigenvalue weighted by Gasteiger charge is -2.17. The largest absolute Gasteiger partial charge is 0.342 e. The molecule has 1 saturated carbocycles. The number of hydrogen-bond donors (Lipinski definition) is 2. The Bertz CT molecular complexity index is 927. The van der Waals surface area contributed by atoms with Crippen molar-refractivity contribution in [2.75, 3.05) is 0 Å². The third kappa shape index (κ3) is 2.50. The van der Waals surface area contributed by atoms with Crippen molar-refractivity contribution >= 4 is 5.91 Å². The van der Waals surface area contributed by atoms with Gasteiger partial charge in [-0.05, 0) is 24.5 Å². The van der Waals surface area contributed by atoms with E-state index in [1.807, 2.05) is 30.3 Å². The monoisotopic (exact) mass is 321 g/mol. The number of H-pyrrole nitrogens is 1. The summed E-state index contributed by atoms with van der Waals surface area (Å²) in [6.07, 6.45) is 6.25. The van der Waals surface area contributed by atoms with Crippen LogP contribution in [0.2, 0.25) is 0 Å². The summed E-state index contributed by atoms with van der Waals surface area (Å²) in [6.45, 7) is 0.